The van der Waals surface area contributed by atoms with Crippen LogP contribution in [-0.4, -0.2) is 16.8 Å². The molecule has 2 amide bonds. The Kier molecular flexibility index (Phi) is 5.97. The lowest BCUT2D eigenvalue weighted by atomic mass is 10.3. The maximum atomic E-state index is 12.6. The second-order valence-corrected chi connectivity index (χ2v) is 5.57. The van der Waals surface area contributed by atoms with Gasteiger partial charge in [-0.3, -0.25) is 4.98 Å². The number of aromatic nitrogens is 1. The molecule has 0 aliphatic heterocycles. The van der Waals surface area contributed by atoms with Crippen LogP contribution in [0.25, 0.3) is 0 Å². The van der Waals surface area contributed by atoms with Crippen LogP contribution in [0, 0.1) is 0 Å². The summed E-state index contributed by atoms with van der Waals surface area (Å²) in [6.07, 6.45) is 3.25. The second-order valence-electron chi connectivity index (χ2n) is 4.16. The SMILES string of the molecule is O=C(NCc1cccnc1)Nc1cccc(Cl)c1SC(F)F. The highest BCUT2D eigenvalue weighted by molar-refractivity contribution is 7.99. The fourth-order valence-electron chi connectivity index (χ4n) is 1.67. The number of nitrogens with zero attached hydrogens (tertiary/aromatic N) is 1. The predicted octanol–water partition coefficient (Wildman–Crippen LogP) is 4.37. The first-order valence-corrected chi connectivity index (χ1v) is 7.49. The molecule has 2 rings (SSSR count). The van der Waals surface area contributed by atoms with E-state index in [0.29, 0.717) is 11.8 Å². The molecule has 0 radical (unpaired) electrons. The normalized spacial score (nSPS) is 10.5. The van der Waals surface area contributed by atoms with E-state index in [1.54, 1.807) is 24.5 Å². The number of pyridine rings is 1. The zero-order valence-corrected chi connectivity index (χ0v) is 12.8. The van der Waals surface area contributed by atoms with E-state index in [1.807, 2.05) is 6.07 Å². The molecule has 0 unspecified atom stereocenters. The number of rotatable bonds is 5. The van der Waals surface area contributed by atoms with Gasteiger partial charge in [0.25, 0.3) is 5.76 Å². The van der Waals surface area contributed by atoms with Gasteiger partial charge in [0.1, 0.15) is 0 Å². The molecular formula is C14H12ClF2N3OS. The van der Waals surface area contributed by atoms with E-state index in [-0.39, 0.29) is 22.2 Å². The third-order valence-corrected chi connectivity index (χ3v) is 3.88. The lowest BCUT2D eigenvalue weighted by Crippen LogP contribution is -2.28. The Labute approximate surface area is 135 Å². The number of hydrogen-bond acceptors (Lipinski definition) is 3. The van der Waals surface area contributed by atoms with Crippen LogP contribution in [0.4, 0.5) is 19.3 Å². The largest absolute Gasteiger partial charge is 0.334 e. The van der Waals surface area contributed by atoms with Crippen molar-refractivity contribution >= 4 is 35.1 Å². The van der Waals surface area contributed by atoms with Gasteiger partial charge < -0.3 is 10.6 Å². The van der Waals surface area contributed by atoms with Gasteiger partial charge in [-0.15, -0.1) is 0 Å². The number of nitrogens with one attached hydrogen (secondary N) is 2. The number of alkyl halides is 2. The van der Waals surface area contributed by atoms with E-state index < -0.39 is 11.8 Å². The van der Waals surface area contributed by atoms with Crippen molar-refractivity contribution in [2.45, 2.75) is 17.2 Å². The molecule has 0 aliphatic carbocycles. The van der Waals surface area contributed by atoms with Crippen LogP contribution >= 0.6 is 23.4 Å². The van der Waals surface area contributed by atoms with Crippen molar-refractivity contribution in [2.24, 2.45) is 0 Å². The van der Waals surface area contributed by atoms with Crippen LogP contribution in [0.3, 0.4) is 0 Å². The molecule has 0 fully saturated rings. The van der Waals surface area contributed by atoms with Crippen molar-refractivity contribution in [3.05, 3.63) is 53.3 Å². The Balaban J connectivity index is 2.00. The van der Waals surface area contributed by atoms with Crippen LogP contribution in [0.5, 0.6) is 0 Å². The zero-order valence-electron chi connectivity index (χ0n) is 11.2. The molecule has 0 saturated heterocycles. The summed E-state index contributed by atoms with van der Waals surface area (Å²) in [6.45, 7) is 0.275. The van der Waals surface area contributed by atoms with Crippen LogP contribution in [-0.2, 0) is 6.54 Å². The predicted molar refractivity (Wildman–Crippen MR) is 83.4 cm³/mol. The van der Waals surface area contributed by atoms with E-state index in [9.17, 15) is 13.6 Å². The average molecular weight is 344 g/mol. The highest BCUT2D eigenvalue weighted by Crippen LogP contribution is 2.37. The van der Waals surface area contributed by atoms with E-state index >= 15 is 0 Å². The number of carbonyl (C=O) groups is 1. The molecule has 2 N–H and O–H groups in total. The topological polar surface area (TPSA) is 54.0 Å². The molecule has 2 aromatic rings. The van der Waals surface area contributed by atoms with Crippen LogP contribution in [0.15, 0.2) is 47.6 Å². The van der Waals surface area contributed by atoms with E-state index in [0.717, 1.165) is 5.56 Å². The summed E-state index contributed by atoms with van der Waals surface area (Å²) in [7, 11) is 0. The molecular weight excluding hydrogens is 332 g/mol. The minimum atomic E-state index is -2.63. The van der Waals surface area contributed by atoms with Gasteiger partial charge in [0.15, 0.2) is 0 Å². The average Bonchev–Trinajstić information content (AvgIpc) is 2.49. The van der Waals surface area contributed by atoms with Crippen molar-refractivity contribution < 1.29 is 13.6 Å². The molecule has 0 bridgehead atoms. The summed E-state index contributed by atoms with van der Waals surface area (Å²) in [5.74, 6) is -2.63. The molecule has 0 atom stereocenters. The minimum Gasteiger partial charge on any atom is -0.334 e. The number of halogens is 3. The van der Waals surface area contributed by atoms with E-state index in [4.69, 9.17) is 11.6 Å². The quantitative estimate of drug-likeness (QED) is 0.792. The molecule has 1 heterocycles. The molecule has 0 aliphatic rings. The smallest absolute Gasteiger partial charge is 0.319 e. The highest BCUT2D eigenvalue weighted by Gasteiger charge is 2.15. The summed E-state index contributed by atoms with van der Waals surface area (Å²) >= 11 is 6.19. The molecule has 0 saturated carbocycles. The summed E-state index contributed by atoms with van der Waals surface area (Å²) in [4.78, 5) is 15.9. The van der Waals surface area contributed by atoms with Crippen LogP contribution < -0.4 is 10.6 Å². The first-order chi connectivity index (χ1) is 10.6. The van der Waals surface area contributed by atoms with Gasteiger partial charge in [-0.2, -0.15) is 8.78 Å². The van der Waals surface area contributed by atoms with Crippen molar-refractivity contribution in [1.29, 1.82) is 0 Å². The Morgan fingerprint density at radius 2 is 2.14 bits per heavy atom. The zero-order chi connectivity index (χ0) is 15.9. The van der Waals surface area contributed by atoms with Crippen molar-refractivity contribution in [2.75, 3.05) is 5.32 Å². The number of urea groups is 1. The van der Waals surface area contributed by atoms with Crippen LogP contribution in [0.1, 0.15) is 5.56 Å². The molecule has 4 nitrogen and oxygen atoms in total. The molecule has 22 heavy (non-hydrogen) atoms. The van der Waals surface area contributed by atoms with Gasteiger partial charge in [-0.05, 0) is 23.8 Å². The summed E-state index contributed by atoms with van der Waals surface area (Å²) in [5, 5.41) is 5.30. The van der Waals surface area contributed by atoms with E-state index in [1.165, 1.54) is 12.1 Å². The Bertz CT molecular complexity index is 643. The molecule has 0 spiro atoms. The number of amides is 2. The standard InChI is InChI=1S/C14H12ClF2N3OS/c15-10-4-1-5-11(12(10)22-13(16)17)20-14(21)19-8-9-3-2-6-18-7-9/h1-7,13H,8H2,(H2,19,20,21). The first kappa shape index (κ1) is 16.5. The lowest BCUT2D eigenvalue weighted by molar-refractivity contribution is 0.250. The third kappa shape index (κ3) is 4.85. The third-order valence-electron chi connectivity index (χ3n) is 2.60. The Hall–Kier alpha value is -1.86. The van der Waals surface area contributed by atoms with Gasteiger partial charge in [-0.1, -0.05) is 35.5 Å². The minimum absolute atomic E-state index is 0.135. The number of carbonyl (C=O) groups excluding carboxylic acids is 1. The number of benzene rings is 1. The summed E-state index contributed by atoms with van der Waals surface area (Å²) < 4.78 is 25.1. The van der Waals surface area contributed by atoms with Crippen molar-refractivity contribution in [1.82, 2.24) is 10.3 Å². The fraction of sp³-hybridized carbons (Fsp3) is 0.143. The fourth-order valence-corrected chi connectivity index (χ4v) is 2.58. The Morgan fingerprint density at radius 3 is 2.82 bits per heavy atom. The number of hydrogen-bond donors (Lipinski definition) is 2. The molecule has 1 aromatic carbocycles. The number of thioether (sulfide) groups is 1. The molecule has 116 valence electrons. The first-order valence-electron chi connectivity index (χ1n) is 6.23. The number of anilines is 1. The second kappa shape index (κ2) is 7.95. The lowest BCUT2D eigenvalue weighted by Gasteiger charge is -2.12. The van der Waals surface area contributed by atoms with Gasteiger partial charge in [0, 0.05) is 18.9 Å². The maximum absolute atomic E-state index is 12.6. The molecule has 8 heteroatoms. The van der Waals surface area contributed by atoms with Crippen LogP contribution in [0.2, 0.25) is 5.02 Å². The highest BCUT2D eigenvalue weighted by atomic mass is 35.5. The van der Waals surface area contributed by atoms with Crippen molar-refractivity contribution in [3.63, 3.8) is 0 Å². The van der Waals surface area contributed by atoms with Gasteiger partial charge >= 0.3 is 6.03 Å². The van der Waals surface area contributed by atoms with Gasteiger partial charge in [0.2, 0.25) is 0 Å². The summed E-state index contributed by atoms with van der Waals surface area (Å²) in [5.41, 5.74) is 1.06. The van der Waals surface area contributed by atoms with E-state index in [2.05, 4.69) is 15.6 Å². The van der Waals surface area contributed by atoms with Crippen molar-refractivity contribution in [3.8, 4) is 0 Å². The van der Waals surface area contributed by atoms with Gasteiger partial charge in [-0.25, -0.2) is 4.79 Å². The van der Waals surface area contributed by atoms with Gasteiger partial charge in [0.05, 0.1) is 15.6 Å². The summed E-state index contributed by atoms with van der Waals surface area (Å²) in [6, 6.07) is 7.63. The molecule has 1 aromatic heterocycles. The Morgan fingerprint density at radius 1 is 1.32 bits per heavy atom. The monoisotopic (exact) mass is 343 g/mol. The maximum Gasteiger partial charge on any atom is 0.319 e.